The van der Waals surface area contributed by atoms with Crippen LogP contribution in [-0.4, -0.2) is 0 Å². The molecule has 1 aromatic carbocycles. The highest BCUT2D eigenvalue weighted by atomic mass is 14.0. The molecule has 0 N–H and O–H groups in total. The molecule has 1 radical (unpaired) electrons. The van der Waals surface area contributed by atoms with E-state index in [-0.39, 0.29) is 0 Å². The Morgan fingerprint density at radius 3 is 2.33 bits per heavy atom. The van der Waals surface area contributed by atoms with E-state index in [0.717, 1.165) is 6.42 Å². The summed E-state index contributed by atoms with van der Waals surface area (Å²) in [6.45, 7) is 7.46. The van der Waals surface area contributed by atoms with E-state index >= 15 is 0 Å². The monoisotopic (exact) mass is 201 g/mol. The average Bonchev–Trinajstić information content (AvgIpc) is 2.26. The fourth-order valence-corrected chi connectivity index (χ4v) is 1.70. The van der Waals surface area contributed by atoms with Crippen molar-refractivity contribution in [3.8, 4) is 0 Å². The minimum Gasteiger partial charge on any atom is -0.0845 e. The lowest BCUT2D eigenvalue weighted by Crippen LogP contribution is -1.86. The molecule has 1 aromatic rings. The van der Waals surface area contributed by atoms with Crippen LogP contribution in [0, 0.1) is 13.5 Å². The fraction of sp³-hybridized carbons (Fsp3) is 0.467. The zero-order valence-electron chi connectivity index (χ0n) is 9.71. The van der Waals surface area contributed by atoms with E-state index in [4.69, 9.17) is 6.58 Å². The van der Waals surface area contributed by atoms with Crippen molar-refractivity contribution in [2.75, 3.05) is 0 Å². The maximum absolute atomic E-state index is 5.32. The van der Waals surface area contributed by atoms with Crippen LogP contribution >= 0.6 is 0 Å². The first-order valence-electron chi connectivity index (χ1n) is 5.92. The number of rotatable bonds is 7. The van der Waals surface area contributed by atoms with Crippen LogP contribution < -0.4 is 0 Å². The predicted molar refractivity (Wildman–Crippen MR) is 66.8 cm³/mol. The lowest BCUT2D eigenvalue weighted by Gasteiger charge is -2.02. The molecule has 1 rings (SSSR count). The normalized spacial score (nSPS) is 10.2. The lowest BCUT2D eigenvalue weighted by atomic mass is 10.0. The number of allylic oxidation sites excluding steroid dienone is 1. The molecule has 0 aliphatic heterocycles. The van der Waals surface area contributed by atoms with Gasteiger partial charge in [-0.05, 0) is 38.2 Å². The van der Waals surface area contributed by atoms with E-state index in [1.54, 1.807) is 6.08 Å². The van der Waals surface area contributed by atoms with Gasteiger partial charge in [0, 0.05) is 0 Å². The summed E-state index contributed by atoms with van der Waals surface area (Å²) in [6.07, 6.45) is 9.20. The van der Waals surface area contributed by atoms with Gasteiger partial charge >= 0.3 is 0 Å². The van der Waals surface area contributed by atoms with Gasteiger partial charge < -0.3 is 0 Å². The van der Waals surface area contributed by atoms with Crippen molar-refractivity contribution in [3.05, 3.63) is 48.0 Å². The van der Waals surface area contributed by atoms with Gasteiger partial charge in [-0.2, -0.15) is 0 Å². The van der Waals surface area contributed by atoms with Crippen molar-refractivity contribution in [3.63, 3.8) is 0 Å². The van der Waals surface area contributed by atoms with Gasteiger partial charge in [0.2, 0.25) is 0 Å². The van der Waals surface area contributed by atoms with Crippen molar-refractivity contribution >= 4 is 0 Å². The predicted octanol–water partition coefficient (Wildman–Crippen LogP) is 4.48. The van der Waals surface area contributed by atoms with E-state index in [0.29, 0.717) is 0 Å². The molecule has 0 aromatic heterocycles. The molecule has 0 saturated carbocycles. The maximum atomic E-state index is 5.32. The van der Waals surface area contributed by atoms with Gasteiger partial charge in [0.05, 0.1) is 0 Å². The summed E-state index contributed by atoms with van der Waals surface area (Å²) in [5, 5.41) is 0. The molecule has 0 saturated heterocycles. The van der Waals surface area contributed by atoms with Gasteiger partial charge in [0.15, 0.2) is 0 Å². The van der Waals surface area contributed by atoms with Crippen LogP contribution in [0.2, 0.25) is 0 Å². The SMILES string of the molecule is [CH]=CCCCCCCc1ccc(C)cc1. The van der Waals surface area contributed by atoms with Gasteiger partial charge in [0.1, 0.15) is 0 Å². The Bertz CT molecular complexity index is 269. The van der Waals surface area contributed by atoms with E-state index in [9.17, 15) is 0 Å². The molecule has 0 spiro atoms. The highest BCUT2D eigenvalue weighted by Gasteiger charge is 1.93. The maximum Gasteiger partial charge on any atom is -0.0279 e. The van der Waals surface area contributed by atoms with Crippen molar-refractivity contribution in [2.24, 2.45) is 0 Å². The van der Waals surface area contributed by atoms with Crippen LogP contribution in [0.5, 0.6) is 0 Å². The lowest BCUT2D eigenvalue weighted by molar-refractivity contribution is 0.646. The first-order valence-corrected chi connectivity index (χ1v) is 5.92. The molecule has 0 atom stereocenters. The summed E-state index contributed by atoms with van der Waals surface area (Å²) in [6, 6.07) is 8.86. The number of hydrogen-bond donors (Lipinski definition) is 0. The van der Waals surface area contributed by atoms with Crippen LogP contribution in [0.25, 0.3) is 0 Å². The van der Waals surface area contributed by atoms with Crippen molar-refractivity contribution in [2.45, 2.75) is 45.4 Å². The van der Waals surface area contributed by atoms with E-state index in [2.05, 4.69) is 31.2 Å². The Kier molecular flexibility index (Phi) is 5.84. The first kappa shape index (κ1) is 12.0. The standard InChI is InChI=1S/C15H21/c1-3-4-5-6-7-8-9-15-12-10-14(2)11-13-15/h1,3,10-13H,4-9H2,2H3. The summed E-state index contributed by atoms with van der Waals surface area (Å²) >= 11 is 0. The average molecular weight is 201 g/mol. The quantitative estimate of drug-likeness (QED) is 0.571. The smallest absolute Gasteiger partial charge is 0.0279 e. The Morgan fingerprint density at radius 2 is 1.67 bits per heavy atom. The Morgan fingerprint density at radius 1 is 1.00 bits per heavy atom. The zero-order chi connectivity index (χ0) is 10.9. The molecule has 0 heteroatoms. The summed E-state index contributed by atoms with van der Waals surface area (Å²) < 4.78 is 0. The minimum absolute atomic E-state index is 1.06. The molecule has 0 heterocycles. The minimum atomic E-state index is 1.06. The topological polar surface area (TPSA) is 0 Å². The van der Waals surface area contributed by atoms with E-state index < -0.39 is 0 Å². The second kappa shape index (κ2) is 7.28. The van der Waals surface area contributed by atoms with Crippen LogP contribution in [0.1, 0.15) is 43.2 Å². The fourth-order valence-electron chi connectivity index (χ4n) is 1.70. The van der Waals surface area contributed by atoms with Crippen LogP contribution in [0.3, 0.4) is 0 Å². The van der Waals surface area contributed by atoms with Crippen LogP contribution in [-0.2, 0) is 6.42 Å². The molecule has 81 valence electrons. The molecular weight excluding hydrogens is 180 g/mol. The summed E-state index contributed by atoms with van der Waals surface area (Å²) in [5.74, 6) is 0. The number of benzene rings is 1. The third-order valence-corrected chi connectivity index (χ3v) is 2.71. The largest absolute Gasteiger partial charge is 0.0845 e. The molecule has 0 fully saturated rings. The van der Waals surface area contributed by atoms with E-state index in [1.165, 1.54) is 43.2 Å². The summed E-state index contributed by atoms with van der Waals surface area (Å²) in [7, 11) is 0. The highest BCUT2D eigenvalue weighted by Crippen LogP contribution is 2.10. The Hall–Kier alpha value is -1.04. The molecule has 15 heavy (non-hydrogen) atoms. The molecule has 0 aliphatic carbocycles. The van der Waals surface area contributed by atoms with Gasteiger partial charge in [-0.1, -0.05) is 55.3 Å². The van der Waals surface area contributed by atoms with Crippen molar-refractivity contribution in [1.29, 1.82) is 0 Å². The highest BCUT2D eigenvalue weighted by molar-refractivity contribution is 5.21. The second-order valence-electron chi connectivity index (χ2n) is 4.17. The van der Waals surface area contributed by atoms with Gasteiger partial charge in [-0.25, -0.2) is 0 Å². The van der Waals surface area contributed by atoms with Gasteiger partial charge in [0.25, 0.3) is 0 Å². The summed E-state index contributed by atoms with van der Waals surface area (Å²) in [5.41, 5.74) is 2.81. The van der Waals surface area contributed by atoms with Crippen LogP contribution in [0.4, 0.5) is 0 Å². The van der Waals surface area contributed by atoms with Crippen molar-refractivity contribution in [1.82, 2.24) is 0 Å². The Labute approximate surface area is 94.0 Å². The van der Waals surface area contributed by atoms with Gasteiger partial charge in [-0.15, -0.1) is 0 Å². The first-order chi connectivity index (χ1) is 7.33. The molecule has 0 bridgehead atoms. The Balaban J connectivity index is 2.09. The third-order valence-electron chi connectivity index (χ3n) is 2.71. The number of aryl methyl sites for hydroxylation is 2. The third kappa shape index (κ3) is 5.41. The molecule has 0 nitrogen and oxygen atoms in total. The number of hydrogen-bond acceptors (Lipinski definition) is 0. The second-order valence-corrected chi connectivity index (χ2v) is 4.17. The zero-order valence-corrected chi connectivity index (χ0v) is 9.71. The van der Waals surface area contributed by atoms with Gasteiger partial charge in [-0.3, -0.25) is 0 Å². The van der Waals surface area contributed by atoms with Crippen molar-refractivity contribution < 1.29 is 0 Å². The number of unbranched alkanes of at least 4 members (excludes halogenated alkanes) is 4. The molecular formula is C15H21. The molecule has 0 amide bonds. The van der Waals surface area contributed by atoms with Crippen LogP contribution in [0.15, 0.2) is 30.3 Å². The molecule has 0 unspecified atom stereocenters. The summed E-state index contributed by atoms with van der Waals surface area (Å²) in [4.78, 5) is 0. The molecule has 0 aliphatic rings. The van der Waals surface area contributed by atoms with E-state index in [1.807, 2.05) is 0 Å².